The summed E-state index contributed by atoms with van der Waals surface area (Å²) in [5.74, 6) is 0.0541. The maximum Gasteiger partial charge on any atom is 0.330 e. The van der Waals surface area contributed by atoms with Crippen molar-refractivity contribution >= 4 is 0 Å². The first-order valence-electron chi connectivity index (χ1n) is 7.03. The number of H-pyrrole nitrogens is 1. The van der Waals surface area contributed by atoms with Crippen molar-refractivity contribution in [2.45, 2.75) is 38.4 Å². The highest BCUT2D eigenvalue weighted by Crippen LogP contribution is 2.33. The third kappa shape index (κ3) is 3.12. The molecule has 1 aromatic heterocycles. The zero-order valence-electron chi connectivity index (χ0n) is 12.3. The summed E-state index contributed by atoms with van der Waals surface area (Å²) < 4.78 is 20.6. The van der Waals surface area contributed by atoms with E-state index in [1.165, 1.54) is 0 Å². The fourth-order valence-corrected chi connectivity index (χ4v) is 2.59. The second kappa shape index (κ2) is 6.69. The van der Waals surface area contributed by atoms with E-state index in [9.17, 15) is 24.3 Å². The normalized spacial score (nSPS) is 28.7. The quantitative estimate of drug-likeness (QED) is 0.631. The van der Waals surface area contributed by atoms with Crippen LogP contribution in [0, 0.1) is 5.92 Å². The van der Waals surface area contributed by atoms with Crippen LogP contribution in [0.15, 0.2) is 21.9 Å². The van der Waals surface area contributed by atoms with Crippen LogP contribution >= 0.6 is 0 Å². The van der Waals surface area contributed by atoms with E-state index >= 15 is 0 Å². The lowest BCUT2D eigenvalue weighted by Gasteiger charge is -2.27. The minimum absolute atomic E-state index is 0.0541. The number of halogens is 1. The molecule has 4 atom stereocenters. The number of aromatic amines is 1. The van der Waals surface area contributed by atoms with E-state index in [2.05, 4.69) is 4.98 Å². The average molecular weight is 317 g/mol. The molecule has 2 rings (SSSR count). The van der Waals surface area contributed by atoms with Gasteiger partial charge in [-0.2, -0.15) is 5.06 Å². The Morgan fingerprint density at radius 2 is 2.18 bits per heavy atom. The number of hydrogen-bond donors (Lipinski definition) is 3. The van der Waals surface area contributed by atoms with Gasteiger partial charge in [0.2, 0.25) is 0 Å². The molecule has 8 nitrogen and oxygen atoms in total. The third-order valence-electron chi connectivity index (χ3n) is 3.51. The number of hydroxylamine groups is 2. The molecule has 3 N–H and O–H groups in total. The Morgan fingerprint density at radius 3 is 2.73 bits per heavy atom. The summed E-state index contributed by atoms with van der Waals surface area (Å²) in [7, 11) is 0. The number of alkyl halides is 1. The molecular formula is C13H20FN3O5. The number of aromatic nitrogens is 2. The topological polar surface area (TPSA) is 108 Å². The molecular weight excluding hydrogens is 297 g/mol. The Bertz CT molecular complexity index is 588. The van der Waals surface area contributed by atoms with Crippen LogP contribution in [0.1, 0.15) is 20.1 Å². The summed E-state index contributed by atoms with van der Waals surface area (Å²) in [5, 5.41) is 20.1. The first-order valence-corrected chi connectivity index (χ1v) is 7.03. The second-order valence-electron chi connectivity index (χ2n) is 5.69. The molecule has 2 heterocycles. The fourth-order valence-electron chi connectivity index (χ4n) is 2.59. The van der Waals surface area contributed by atoms with Crippen molar-refractivity contribution in [2.24, 2.45) is 5.92 Å². The van der Waals surface area contributed by atoms with Crippen LogP contribution in [0.25, 0.3) is 0 Å². The van der Waals surface area contributed by atoms with Crippen molar-refractivity contribution < 1.29 is 19.4 Å². The molecule has 1 saturated heterocycles. The van der Waals surface area contributed by atoms with Gasteiger partial charge in [-0.05, 0) is 5.92 Å². The number of nitrogens with zero attached hydrogens (tertiary/aromatic N) is 2. The van der Waals surface area contributed by atoms with Crippen molar-refractivity contribution in [3.05, 3.63) is 33.1 Å². The monoisotopic (exact) mass is 317 g/mol. The SMILES string of the molecule is CC(C)CN(O)[C@H]1[C@H](F)[C@H](n2c(=O)cc[nH]c2=O)O[C@@H]1CO. The summed E-state index contributed by atoms with van der Waals surface area (Å²) in [5.41, 5.74) is -1.53. The zero-order chi connectivity index (χ0) is 16.4. The van der Waals surface area contributed by atoms with Crippen LogP contribution < -0.4 is 11.2 Å². The smallest absolute Gasteiger partial charge is 0.330 e. The standard InChI is InChI=1S/C13H20FN3O5/c1-7(2)5-16(21)11-8(6-18)22-12(10(11)14)17-9(19)3-4-15-13(17)20/h3-4,7-8,10-12,18,21H,5-6H2,1-2H3,(H,15,20)/t8-,10+,11-,12-/m1/s1. The van der Waals surface area contributed by atoms with E-state index in [0.29, 0.717) is 4.57 Å². The van der Waals surface area contributed by atoms with Gasteiger partial charge in [-0.1, -0.05) is 13.8 Å². The highest BCUT2D eigenvalue weighted by molar-refractivity contribution is 4.96. The lowest BCUT2D eigenvalue weighted by Crippen LogP contribution is -2.48. The van der Waals surface area contributed by atoms with Crippen LogP contribution in [-0.2, 0) is 4.74 Å². The number of rotatable bonds is 5. The molecule has 22 heavy (non-hydrogen) atoms. The maximum atomic E-state index is 14.7. The van der Waals surface area contributed by atoms with Gasteiger partial charge in [-0.15, -0.1) is 0 Å². The summed E-state index contributed by atoms with van der Waals surface area (Å²) >= 11 is 0. The summed E-state index contributed by atoms with van der Waals surface area (Å²) in [6.45, 7) is 3.29. The van der Waals surface area contributed by atoms with Gasteiger partial charge >= 0.3 is 5.69 Å². The largest absolute Gasteiger partial charge is 0.394 e. The van der Waals surface area contributed by atoms with Crippen molar-refractivity contribution in [1.82, 2.24) is 14.6 Å². The van der Waals surface area contributed by atoms with E-state index in [-0.39, 0.29) is 12.5 Å². The molecule has 9 heteroatoms. The molecule has 1 fully saturated rings. The summed E-state index contributed by atoms with van der Waals surface area (Å²) in [6, 6.07) is -0.0900. The van der Waals surface area contributed by atoms with Gasteiger partial charge in [0.05, 0.1) is 12.6 Å². The van der Waals surface area contributed by atoms with Crippen molar-refractivity contribution in [1.29, 1.82) is 0 Å². The van der Waals surface area contributed by atoms with E-state index < -0.39 is 42.4 Å². The molecule has 1 aliphatic heterocycles. The minimum atomic E-state index is -1.85. The Kier molecular flexibility index (Phi) is 5.12. The van der Waals surface area contributed by atoms with E-state index in [1.54, 1.807) is 0 Å². The van der Waals surface area contributed by atoms with Crippen molar-refractivity contribution in [2.75, 3.05) is 13.2 Å². The van der Waals surface area contributed by atoms with E-state index in [4.69, 9.17) is 4.74 Å². The molecule has 1 aliphatic rings. The number of hydrogen-bond acceptors (Lipinski definition) is 6. The van der Waals surface area contributed by atoms with Gasteiger partial charge in [0.15, 0.2) is 12.4 Å². The average Bonchev–Trinajstić information content (AvgIpc) is 2.75. The van der Waals surface area contributed by atoms with Gasteiger partial charge in [0.25, 0.3) is 5.56 Å². The first-order chi connectivity index (χ1) is 10.4. The van der Waals surface area contributed by atoms with Crippen molar-refractivity contribution in [3.8, 4) is 0 Å². The fraction of sp³-hybridized carbons (Fsp3) is 0.692. The van der Waals surface area contributed by atoms with E-state index in [1.807, 2.05) is 13.8 Å². The maximum absolute atomic E-state index is 14.7. The number of nitrogens with one attached hydrogen (secondary N) is 1. The van der Waals surface area contributed by atoms with Crippen LogP contribution in [0.2, 0.25) is 0 Å². The Hall–Kier alpha value is -1.55. The molecule has 1 aromatic rings. The summed E-state index contributed by atoms with van der Waals surface area (Å²) in [4.78, 5) is 25.8. The summed E-state index contributed by atoms with van der Waals surface area (Å²) in [6.07, 6.45) is -3.24. The number of aliphatic hydroxyl groups excluding tert-OH is 1. The van der Waals surface area contributed by atoms with Crippen molar-refractivity contribution in [3.63, 3.8) is 0 Å². The Morgan fingerprint density at radius 1 is 1.50 bits per heavy atom. The van der Waals surface area contributed by atoms with Crippen LogP contribution in [0.4, 0.5) is 4.39 Å². The van der Waals surface area contributed by atoms with Gasteiger partial charge < -0.3 is 20.0 Å². The Labute approximate surface area is 125 Å². The predicted molar refractivity (Wildman–Crippen MR) is 74.3 cm³/mol. The molecule has 0 aliphatic carbocycles. The molecule has 0 bridgehead atoms. The first kappa shape index (κ1) is 16.8. The van der Waals surface area contributed by atoms with Gasteiger partial charge in [-0.3, -0.25) is 4.79 Å². The lowest BCUT2D eigenvalue weighted by molar-refractivity contribution is -0.160. The Balaban J connectivity index is 2.33. The highest BCUT2D eigenvalue weighted by Gasteiger charge is 2.49. The van der Waals surface area contributed by atoms with Gasteiger partial charge in [0, 0.05) is 18.8 Å². The van der Waals surface area contributed by atoms with Gasteiger partial charge in [0.1, 0.15) is 6.10 Å². The number of aliphatic hydroxyl groups is 1. The third-order valence-corrected chi connectivity index (χ3v) is 3.51. The number of ether oxygens (including phenoxy) is 1. The minimum Gasteiger partial charge on any atom is -0.394 e. The molecule has 124 valence electrons. The molecule has 0 amide bonds. The zero-order valence-corrected chi connectivity index (χ0v) is 12.3. The van der Waals surface area contributed by atoms with Gasteiger partial charge in [-0.25, -0.2) is 13.8 Å². The van der Waals surface area contributed by atoms with Crippen LogP contribution in [-0.4, -0.2) is 56.4 Å². The highest BCUT2D eigenvalue weighted by atomic mass is 19.1. The predicted octanol–water partition coefficient (Wildman–Crippen LogP) is -0.520. The van der Waals surface area contributed by atoms with Crippen LogP contribution in [0.5, 0.6) is 0 Å². The lowest BCUT2D eigenvalue weighted by atomic mass is 10.1. The van der Waals surface area contributed by atoms with E-state index in [0.717, 1.165) is 17.3 Å². The molecule has 0 unspecified atom stereocenters. The second-order valence-corrected chi connectivity index (χ2v) is 5.69. The molecule has 0 aromatic carbocycles. The molecule has 0 saturated carbocycles. The van der Waals surface area contributed by atoms with Crippen LogP contribution in [0.3, 0.4) is 0 Å². The molecule has 0 radical (unpaired) electrons. The molecule has 0 spiro atoms.